The Balaban J connectivity index is 1.19. The number of carbonyl (C=O) groups is 7. The summed E-state index contributed by atoms with van der Waals surface area (Å²) in [5, 5.41) is 28.2. The van der Waals surface area contributed by atoms with Gasteiger partial charge in [0.05, 0.1) is 41.7 Å². The average molecular weight is 1270 g/mol. The lowest BCUT2D eigenvalue weighted by molar-refractivity contribution is -0.124. The normalized spacial score (nSPS) is 32.0. The van der Waals surface area contributed by atoms with Crippen LogP contribution in [0.5, 0.6) is 0 Å². The molecule has 1 aromatic heterocycles. The van der Waals surface area contributed by atoms with E-state index in [-0.39, 0.29) is 77.2 Å². The molecule has 0 radical (unpaired) electrons. The molecular weight excluding hydrogens is 1180 g/mol. The number of allylic oxidation sites excluding steroid dienone is 6. The molecule has 90 heavy (non-hydrogen) atoms. The molecule has 1 aromatic carbocycles. The van der Waals surface area contributed by atoms with Gasteiger partial charge in [-0.05, 0) is 108 Å². The summed E-state index contributed by atoms with van der Waals surface area (Å²) in [6, 6.07) is 2.70. The summed E-state index contributed by atoms with van der Waals surface area (Å²) in [6.07, 6.45) is -4.26. The molecule has 0 aliphatic carbocycles. The van der Waals surface area contributed by atoms with E-state index in [2.05, 4.69) is 15.6 Å². The van der Waals surface area contributed by atoms with Crippen LogP contribution in [-0.2, 0) is 51.9 Å². The quantitative estimate of drug-likeness (QED) is 0.0603. The van der Waals surface area contributed by atoms with Gasteiger partial charge >= 0.3 is 7.82 Å². The SMILES string of the molecule is CC1=C2N=C(C=C3NC(=C(C)C4=N[C@@](C)(C5N=C1[C@](C)(CCC(=O)NCC(C)OP(=O)(O)O[C@H]1[C@@H](O)[C@@H](n6cnc7cc(C)c(C)cc76)O[C@@H]1CO)C5CC(N)=O)[C@@](C)(CC(N)=O)[C@@H]4CCC(N)=O)[C@@](C)(CC(N)=O)[C@@H]3CCC(N)=O)C(C)(C)C2CCC(N)=O. The zero-order valence-electron chi connectivity index (χ0n) is 53.3. The third-order valence-corrected chi connectivity index (χ3v) is 21.7. The second kappa shape index (κ2) is 25.6. The van der Waals surface area contributed by atoms with Crippen LogP contribution in [-0.4, -0.2) is 132 Å². The number of aryl methyl sites for hydroxylation is 2. The van der Waals surface area contributed by atoms with Crippen molar-refractivity contribution in [3.8, 4) is 0 Å². The largest absolute Gasteiger partial charge is 0.472 e. The maximum atomic E-state index is 14.4. The van der Waals surface area contributed by atoms with Crippen molar-refractivity contribution in [3.05, 3.63) is 63.9 Å². The predicted molar refractivity (Wildman–Crippen MR) is 334 cm³/mol. The Morgan fingerprint density at radius 1 is 0.800 bits per heavy atom. The van der Waals surface area contributed by atoms with E-state index < -0.39 is 143 Å². The molecule has 17 N–H and O–H groups in total. The van der Waals surface area contributed by atoms with Crippen LogP contribution in [0.2, 0.25) is 0 Å². The molecule has 7 amide bonds. The molecule has 28 heteroatoms. The number of carbonyl (C=O) groups excluding carboxylic acids is 7. The van der Waals surface area contributed by atoms with E-state index in [0.29, 0.717) is 56.4 Å². The number of imidazole rings is 1. The molecule has 7 heterocycles. The van der Waals surface area contributed by atoms with Crippen molar-refractivity contribution in [1.29, 1.82) is 0 Å². The third kappa shape index (κ3) is 13.0. The summed E-state index contributed by atoms with van der Waals surface area (Å²) < 4.78 is 32.3. The molecule has 6 aliphatic heterocycles. The van der Waals surface area contributed by atoms with Crippen molar-refractivity contribution in [2.75, 3.05) is 13.2 Å². The number of aromatic nitrogens is 2. The number of nitrogens with zero attached hydrogens (tertiary/aromatic N) is 5. The van der Waals surface area contributed by atoms with E-state index in [1.54, 1.807) is 4.57 Å². The molecule has 15 atom stereocenters. The number of amides is 7. The lowest BCUT2D eigenvalue weighted by atomic mass is 9.55. The number of fused-ring (bicyclic) bond motifs is 7. The Bertz CT molecular complexity index is 3540. The molecule has 2 fully saturated rings. The number of phosphoric acid groups is 1. The van der Waals surface area contributed by atoms with Crippen LogP contribution in [0.1, 0.15) is 150 Å². The predicted octanol–water partition coefficient (Wildman–Crippen LogP) is 3.16. The van der Waals surface area contributed by atoms with Crippen LogP contribution < -0.4 is 45.0 Å². The third-order valence-electron chi connectivity index (χ3n) is 20.6. The fraction of sp³-hybridized carbons (Fsp3) is 0.629. The first-order chi connectivity index (χ1) is 41.8. The average Bonchev–Trinajstić information content (AvgIpc) is 1.53. The van der Waals surface area contributed by atoms with Crippen molar-refractivity contribution < 1.29 is 67.0 Å². The molecule has 2 aromatic rings. The molecule has 6 aliphatic rings. The number of hydrogen-bond acceptors (Lipinski definition) is 18. The van der Waals surface area contributed by atoms with Crippen LogP contribution in [0.3, 0.4) is 0 Å². The number of benzene rings is 1. The van der Waals surface area contributed by atoms with Crippen LogP contribution in [0.25, 0.3) is 11.0 Å². The van der Waals surface area contributed by atoms with E-state index in [4.69, 9.17) is 63.2 Å². The van der Waals surface area contributed by atoms with E-state index in [1.165, 1.54) is 13.3 Å². The van der Waals surface area contributed by atoms with Gasteiger partial charge in [0.1, 0.15) is 18.3 Å². The van der Waals surface area contributed by atoms with Gasteiger partial charge in [0.2, 0.25) is 41.4 Å². The smallest absolute Gasteiger partial charge is 0.394 e. The van der Waals surface area contributed by atoms with Crippen LogP contribution >= 0.6 is 7.82 Å². The number of rotatable bonds is 26. The maximum absolute atomic E-state index is 14.4. The highest BCUT2D eigenvalue weighted by molar-refractivity contribution is 7.47. The van der Waals surface area contributed by atoms with Gasteiger partial charge in [-0.1, -0.05) is 34.6 Å². The second-order valence-corrected chi connectivity index (χ2v) is 28.4. The number of hydrogen-bond donors (Lipinski definition) is 11. The van der Waals surface area contributed by atoms with Gasteiger partial charge in [-0.3, -0.25) is 57.6 Å². The monoisotopic (exact) mass is 1270 g/mol. The van der Waals surface area contributed by atoms with Crippen LogP contribution in [0.15, 0.2) is 67.8 Å². The highest BCUT2D eigenvalue weighted by Crippen LogP contribution is 2.63. The van der Waals surface area contributed by atoms with E-state index in [0.717, 1.165) is 11.1 Å². The van der Waals surface area contributed by atoms with Crippen molar-refractivity contribution >= 4 is 77.3 Å². The maximum Gasteiger partial charge on any atom is 0.472 e. The van der Waals surface area contributed by atoms with Gasteiger partial charge < -0.3 is 69.4 Å². The molecular formula is C62H90N13O14P. The van der Waals surface area contributed by atoms with Crippen molar-refractivity contribution in [3.63, 3.8) is 0 Å². The Morgan fingerprint density at radius 3 is 1.99 bits per heavy atom. The lowest BCUT2D eigenvalue weighted by Crippen LogP contribution is -2.56. The first-order valence-corrected chi connectivity index (χ1v) is 32.1. The number of aliphatic imine (C=N–C) groups is 3. The summed E-state index contributed by atoms with van der Waals surface area (Å²) >= 11 is 0. The Kier molecular flexibility index (Phi) is 19.6. The van der Waals surface area contributed by atoms with Gasteiger partial charge in [-0.25, -0.2) is 9.55 Å². The molecule has 0 spiro atoms. The number of phosphoric ester groups is 1. The highest BCUT2D eigenvalue weighted by atomic mass is 31.2. The molecule has 0 saturated carbocycles. The lowest BCUT2D eigenvalue weighted by Gasteiger charge is -2.48. The molecule has 492 valence electrons. The van der Waals surface area contributed by atoms with E-state index in [1.807, 2.05) is 87.4 Å². The Labute approximate surface area is 523 Å². The first kappa shape index (κ1) is 68.9. The number of aliphatic hydroxyl groups excluding tert-OH is 2. The van der Waals surface area contributed by atoms with E-state index >= 15 is 0 Å². The van der Waals surface area contributed by atoms with E-state index in [9.17, 15) is 53.2 Å². The fourth-order valence-electron chi connectivity index (χ4n) is 15.4. The summed E-state index contributed by atoms with van der Waals surface area (Å²) in [5.41, 5.74) is 37.4. The fourth-order valence-corrected chi connectivity index (χ4v) is 16.6. The van der Waals surface area contributed by atoms with Gasteiger partial charge in [-0.15, -0.1) is 0 Å². The van der Waals surface area contributed by atoms with Crippen molar-refractivity contribution in [2.24, 2.45) is 94.7 Å². The van der Waals surface area contributed by atoms with Gasteiger partial charge in [0, 0.05) is 131 Å². The summed E-state index contributed by atoms with van der Waals surface area (Å²) in [5.74, 6) is -7.18. The number of primary amides is 6. The minimum Gasteiger partial charge on any atom is -0.394 e. The van der Waals surface area contributed by atoms with Gasteiger partial charge in [0.25, 0.3) is 0 Å². The number of ether oxygens (including phenoxy) is 1. The summed E-state index contributed by atoms with van der Waals surface area (Å²) in [7, 11) is -5.07. The highest BCUT2D eigenvalue weighted by Gasteiger charge is 2.66. The summed E-state index contributed by atoms with van der Waals surface area (Å²) in [4.78, 5) is 126. The van der Waals surface area contributed by atoms with Crippen LogP contribution in [0, 0.1) is 59.2 Å². The van der Waals surface area contributed by atoms with Gasteiger partial charge in [-0.2, -0.15) is 0 Å². The molecule has 27 nitrogen and oxygen atoms in total. The molecule has 8 rings (SSSR count). The minimum absolute atomic E-state index is 0.0114. The second-order valence-electron chi connectivity index (χ2n) is 27.1. The molecule has 2 saturated heterocycles. The summed E-state index contributed by atoms with van der Waals surface area (Å²) in [6.45, 7) is 19.3. The van der Waals surface area contributed by atoms with Crippen molar-refractivity contribution in [2.45, 2.75) is 189 Å². The van der Waals surface area contributed by atoms with Crippen molar-refractivity contribution in [1.82, 2.24) is 20.2 Å². The first-order valence-electron chi connectivity index (χ1n) is 30.6. The minimum atomic E-state index is -5.07. The zero-order chi connectivity index (χ0) is 66.7. The molecule has 8 bridgehead atoms. The molecule has 5 unspecified atom stereocenters. The Hall–Kier alpha value is -7.00. The Morgan fingerprint density at radius 2 is 1.40 bits per heavy atom. The number of aliphatic hydroxyl groups is 2. The number of nitrogens with two attached hydrogens (primary N) is 6. The van der Waals surface area contributed by atoms with Crippen LogP contribution in [0.4, 0.5) is 0 Å². The number of nitrogens with one attached hydrogen (secondary N) is 2. The van der Waals surface area contributed by atoms with Gasteiger partial charge in [0.15, 0.2) is 6.23 Å². The zero-order valence-corrected chi connectivity index (χ0v) is 54.1. The topological polar surface area (TPSA) is 460 Å². The standard InChI is InChI=1S/C62H90N13O14P/c1-29-20-39-40(21-30(29)2)75(28-70-39)57-52(84)53(41(27-76)87-57)89-90(85,86)88-31(3)26-69-49(83)18-19-59(8)37(22-46(66)80)56-62(11)61(10,25-48(68)82)36(14-17-45(65)79)51(74-62)33(5)55-60(9,24-47(67)81)34(12-15-43(63)77)38(71-55)23-42-58(6,7)35(13-16-44(64)78)50(72-42)32(4)54(59)73-56/h20-21,23,28,31,34-37,41,52-53,56-57,71,76,84H,12-19,22,24-27H2,1-11H3,(H2,63,77)(H2,64,78)(H2,65,79)(H2,66,80)(H2,67,81)(H2,68,82)(H,69,83)(H,85,86)/t31?,34-,35?,36-,37?,41-,52-,53-,56?,57+,59-,60+,61+,62+/m1/s1.